The average Bonchev–Trinajstić information content (AvgIpc) is 3.36. The molecule has 0 saturated heterocycles. The van der Waals surface area contributed by atoms with Gasteiger partial charge in [-0.3, -0.25) is 9.48 Å². The Morgan fingerprint density at radius 1 is 1.32 bits per heavy atom. The van der Waals surface area contributed by atoms with Gasteiger partial charge in [0.15, 0.2) is 5.69 Å². The van der Waals surface area contributed by atoms with Crippen LogP contribution in [0.5, 0.6) is 0 Å². The van der Waals surface area contributed by atoms with E-state index in [-0.39, 0.29) is 17.8 Å². The minimum absolute atomic E-state index is 0.156. The normalized spacial score (nSPS) is 20.5. The molecular formula is C17H18N4O4. The van der Waals surface area contributed by atoms with Crippen molar-refractivity contribution in [1.82, 2.24) is 14.9 Å². The van der Waals surface area contributed by atoms with Gasteiger partial charge in [-0.1, -0.05) is 5.16 Å². The number of nitrogens with one attached hydrogen (secondary N) is 1. The summed E-state index contributed by atoms with van der Waals surface area (Å²) in [7, 11) is 0. The highest BCUT2D eigenvalue weighted by Gasteiger charge is 2.23. The molecule has 0 radical (unpaired) electrons. The van der Waals surface area contributed by atoms with Crippen LogP contribution in [0.3, 0.4) is 0 Å². The number of nitrogens with zero attached hydrogens (tertiary/aromatic N) is 3. The maximum Gasteiger partial charge on any atom is 0.278 e. The summed E-state index contributed by atoms with van der Waals surface area (Å²) in [4.78, 5) is 12.5. The molecule has 8 heteroatoms. The van der Waals surface area contributed by atoms with E-state index in [1.807, 2.05) is 4.68 Å². The largest absolute Gasteiger partial charge is 0.464 e. The number of amides is 1. The van der Waals surface area contributed by atoms with Crippen LogP contribution in [-0.4, -0.2) is 32.1 Å². The summed E-state index contributed by atoms with van der Waals surface area (Å²) in [5, 5.41) is 20.5. The number of rotatable bonds is 4. The monoisotopic (exact) mass is 342 g/mol. The van der Waals surface area contributed by atoms with Gasteiger partial charge in [0.05, 0.1) is 35.9 Å². The summed E-state index contributed by atoms with van der Waals surface area (Å²) in [5.41, 5.74) is 1.24. The number of anilines is 1. The maximum absolute atomic E-state index is 12.5. The molecule has 0 aromatic carbocycles. The van der Waals surface area contributed by atoms with Crippen molar-refractivity contribution < 1.29 is 18.8 Å². The molecule has 130 valence electrons. The van der Waals surface area contributed by atoms with Gasteiger partial charge in [0.25, 0.3) is 5.91 Å². The highest BCUT2D eigenvalue weighted by molar-refractivity contribution is 6.06. The van der Waals surface area contributed by atoms with E-state index in [1.165, 1.54) is 12.5 Å². The van der Waals surface area contributed by atoms with Crippen molar-refractivity contribution >= 4 is 11.6 Å². The molecule has 1 fully saturated rings. The highest BCUT2D eigenvalue weighted by Crippen LogP contribution is 2.29. The third-order valence-electron chi connectivity index (χ3n) is 4.47. The molecule has 0 atom stereocenters. The summed E-state index contributed by atoms with van der Waals surface area (Å²) in [6, 6.07) is 3.72. The average molecular weight is 342 g/mol. The van der Waals surface area contributed by atoms with E-state index in [4.69, 9.17) is 8.94 Å². The number of furan rings is 1. The lowest BCUT2D eigenvalue weighted by atomic mass is 9.93. The van der Waals surface area contributed by atoms with Crippen LogP contribution in [0, 0.1) is 0 Å². The lowest BCUT2D eigenvalue weighted by Gasteiger charge is -2.25. The summed E-state index contributed by atoms with van der Waals surface area (Å²) in [6.45, 7) is 0. The van der Waals surface area contributed by atoms with E-state index in [0.29, 0.717) is 17.0 Å². The first-order valence-electron chi connectivity index (χ1n) is 8.22. The molecule has 1 aliphatic rings. The molecule has 2 N–H and O–H groups in total. The fourth-order valence-electron chi connectivity index (χ4n) is 3.12. The van der Waals surface area contributed by atoms with Gasteiger partial charge in [-0.05, 0) is 37.8 Å². The van der Waals surface area contributed by atoms with Crippen molar-refractivity contribution in [3.63, 3.8) is 0 Å². The van der Waals surface area contributed by atoms with E-state index >= 15 is 0 Å². The highest BCUT2D eigenvalue weighted by atomic mass is 16.5. The van der Waals surface area contributed by atoms with Gasteiger partial charge in [0, 0.05) is 6.20 Å². The van der Waals surface area contributed by atoms with Crippen molar-refractivity contribution in [2.24, 2.45) is 0 Å². The van der Waals surface area contributed by atoms with Gasteiger partial charge in [-0.2, -0.15) is 5.10 Å². The van der Waals surface area contributed by atoms with Gasteiger partial charge >= 0.3 is 0 Å². The van der Waals surface area contributed by atoms with Gasteiger partial charge in [0.2, 0.25) is 0 Å². The number of aromatic nitrogens is 3. The SMILES string of the molecule is O=C(Nc1cnn([C@H]2CC[C@H](O)CC2)c1)c1nocc1-c1ccco1. The van der Waals surface area contributed by atoms with Crippen molar-refractivity contribution in [3.05, 3.63) is 42.7 Å². The van der Waals surface area contributed by atoms with Gasteiger partial charge in [0.1, 0.15) is 12.0 Å². The first kappa shape index (κ1) is 15.6. The minimum Gasteiger partial charge on any atom is -0.464 e. The minimum atomic E-state index is -0.390. The third-order valence-corrected chi connectivity index (χ3v) is 4.47. The molecule has 1 amide bonds. The Morgan fingerprint density at radius 3 is 2.92 bits per heavy atom. The topological polar surface area (TPSA) is 106 Å². The van der Waals surface area contributed by atoms with Crippen LogP contribution in [0.1, 0.15) is 42.2 Å². The molecule has 3 aromatic heterocycles. The fraction of sp³-hybridized carbons (Fsp3) is 0.353. The van der Waals surface area contributed by atoms with Crippen LogP contribution < -0.4 is 5.32 Å². The van der Waals surface area contributed by atoms with Crippen LogP contribution in [0.15, 0.2) is 46.0 Å². The number of aliphatic hydroxyl groups is 1. The molecule has 0 bridgehead atoms. The molecule has 3 aromatic rings. The van der Waals surface area contributed by atoms with Crippen LogP contribution in [-0.2, 0) is 0 Å². The quantitative estimate of drug-likeness (QED) is 0.755. The van der Waals surface area contributed by atoms with Crippen LogP contribution >= 0.6 is 0 Å². The molecule has 0 spiro atoms. The lowest BCUT2D eigenvalue weighted by Crippen LogP contribution is -2.21. The van der Waals surface area contributed by atoms with Crippen molar-refractivity contribution in [2.75, 3.05) is 5.32 Å². The molecule has 4 rings (SSSR count). The predicted molar refractivity (Wildman–Crippen MR) is 87.9 cm³/mol. The van der Waals surface area contributed by atoms with E-state index in [0.717, 1.165) is 25.7 Å². The second-order valence-electron chi connectivity index (χ2n) is 6.18. The maximum atomic E-state index is 12.5. The third kappa shape index (κ3) is 3.20. The number of hydrogen-bond acceptors (Lipinski definition) is 6. The summed E-state index contributed by atoms with van der Waals surface area (Å²) < 4.78 is 12.1. The molecule has 3 heterocycles. The van der Waals surface area contributed by atoms with Crippen molar-refractivity contribution in [3.8, 4) is 11.3 Å². The molecule has 0 aliphatic heterocycles. The molecule has 25 heavy (non-hydrogen) atoms. The zero-order valence-corrected chi connectivity index (χ0v) is 13.5. The van der Waals surface area contributed by atoms with Gasteiger partial charge in [-0.25, -0.2) is 0 Å². The summed E-state index contributed by atoms with van der Waals surface area (Å²) >= 11 is 0. The van der Waals surface area contributed by atoms with E-state index in [2.05, 4.69) is 15.6 Å². The molecule has 8 nitrogen and oxygen atoms in total. The predicted octanol–water partition coefficient (Wildman–Crippen LogP) is 2.86. The smallest absolute Gasteiger partial charge is 0.278 e. The fourth-order valence-corrected chi connectivity index (χ4v) is 3.12. The Hall–Kier alpha value is -2.87. The Bertz CT molecular complexity index is 844. The van der Waals surface area contributed by atoms with E-state index < -0.39 is 5.91 Å². The standard InChI is InChI=1S/C17H18N4O4/c22-13-5-3-12(4-6-13)21-9-11(8-18-21)19-17(23)16-14(10-25-20-16)15-2-1-7-24-15/h1-2,7-10,12-13,22H,3-6H2,(H,19,23)/t12-,13-. The number of aliphatic hydroxyl groups excluding tert-OH is 1. The van der Waals surface area contributed by atoms with E-state index in [9.17, 15) is 9.90 Å². The molecule has 0 unspecified atom stereocenters. The Kier molecular flexibility index (Phi) is 4.10. The molecule has 1 aliphatic carbocycles. The lowest BCUT2D eigenvalue weighted by molar-refractivity contribution is 0.101. The zero-order valence-electron chi connectivity index (χ0n) is 13.5. The van der Waals surface area contributed by atoms with Crippen LogP contribution in [0.4, 0.5) is 5.69 Å². The van der Waals surface area contributed by atoms with Gasteiger partial charge < -0.3 is 19.4 Å². The summed E-state index contributed by atoms with van der Waals surface area (Å²) in [5.74, 6) is 0.127. The van der Waals surface area contributed by atoms with Gasteiger partial charge in [-0.15, -0.1) is 0 Å². The van der Waals surface area contributed by atoms with Crippen LogP contribution in [0.2, 0.25) is 0 Å². The van der Waals surface area contributed by atoms with E-state index in [1.54, 1.807) is 24.5 Å². The van der Waals surface area contributed by atoms with Crippen LogP contribution in [0.25, 0.3) is 11.3 Å². The van der Waals surface area contributed by atoms with Crippen molar-refractivity contribution in [2.45, 2.75) is 37.8 Å². The first-order chi connectivity index (χ1) is 12.2. The zero-order chi connectivity index (χ0) is 17.2. The number of hydrogen-bond donors (Lipinski definition) is 2. The van der Waals surface area contributed by atoms with Crippen molar-refractivity contribution in [1.29, 1.82) is 0 Å². The Balaban J connectivity index is 1.46. The number of carbonyl (C=O) groups excluding carboxylic acids is 1. The second kappa shape index (κ2) is 6.56. The second-order valence-corrected chi connectivity index (χ2v) is 6.18. The first-order valence-corrected chi connectivity index (χ1v) is 8.22. The molecular weight excluding hydrogens is 324 g/mol. The Morgan fingerprint density at radius 2 is 2.16 bits per heavy atom. The number of carbonyl (C=O) groups is 1. The Labute approximate surface area is 143 Å². The molecule has 1 saturated carbocycles. The summed E-state index contributed by atoms with van der Waals surface area (Å²) in [6.07, 6.45) is 9.40.